The predicted molar refractivity (Wildman–Crippen MR) is 57.8 cm³/mol. The third-order valence-electron chi connectivity index (χ3n) is 2.62. The van der Waals surface area contributed by atoms with Crippen molar-refractivity contribution in [3.05, 3.63) is 40.9 Å². The van der Waals surface area contributed by atoms with Crippen molar-refractivity contribution in [2.24, 2.45) is 0 Å². The van der Waals surface area contributed by atoms with Gasteiger partial charge < -0.3 is 4.90 Å². The number of hydrogen-bond acceptors (Lipinski definition) is 2. The summed E-state index contributed by atoms with van der Waals surface area (Å²) >= 11 is 1.98. The van der Waals surface area contributed by atoms with Gasteiger partial charge in [-0.1, -0.05) is 18.2 Å². The molecule has 1 unspecified atom stereocenters. The van der Waals surface area contributed by atoms with Crippen LogP contribution in [0, 0.1) is 0 Å². The lowest BCUT2D eigenvalue weighted by atomic mass is 10.2. The fourth-order valence-electron chi connectivity index (χ4n) is 2.07. The highest BCUT2D eigenvalue weighted by atomic mass is 32.2. The van der Waals surface area contributed by atoms with E-state index in [0.29, 0.717) is 5.37 Å². The van der Waals surface area contributed by atoms with Gasteiger partial charge in [0, 0.05) is 23.2 Å². The fourth-order valence-corrected chi connectivity index (χ4v) is 3.22. The molecule has 66 valence electrons. The lowest BCUT2D eigenvalue weighted by Gasteiger charge is -2.15. The van der Waals surface area contributed by atoms with Crippen LogP contribution in [0.1, 0.15) is 12.5 Å². The van der Waals surface area contributed by atoms with E-state index in [1.54, 1.807) is 0 Å². The minimum atomic E-state index is 0.636. The Morgan fingerprint density at radius 1 is 1.38 bits per heavy atom. The Labute approximate surface area is 82.4 Å². The van der Waals surface area contributed by atoms with E-state index in [1.807, 2.05) is 11.8 Å². The molecule has 0 amide bonds. The number of rotatable bonds is 0. The summed E-state index contributed by atoms with van der Waals surface area (Å²) < 4.78 is 0. The number of para-hydroxylation sites is 1. The van der Waals surface area contributed by atoms with Gasteiger partial charge in [0.15, 0.2) is 0 Å². The second kappa shape index (κ2) is 2.55. The summed E-state index contributed by atoms with van der Waals surface area (Å²) in [6.07, 6.45) is 3.45. The van der Waals surface area contributed by atoms with Crippen molar-refractivity contribution in [1.29, 1.82) is 0 Å². The van der Waals surface area contributed by atoms with E-state index >= 15 is 0 Å². The van der Waals surface area contributed by atoms with Crippen molar-refractivity contribution in [1.82, 2.24) is 0 Å². The Balaban J connectivity index is 2.10. The molecular formula is C11H11NS. The van der Waals surface area contributed by atoms with E-state index in [2.05, 4.69) is 42.3 Å². The summed E-state index contributed by atoms with van der Waals surface area (Å²) in [4.78, 5) is 3.83. The summed E-state index contributed by atoms with van der Waals surface area (Å²) in [5.41, 5.74) is 2.89. The zero-order valence-electron chi connectivity index (χ0n) is 7.53. The number of thioether (sulfide) groups is 1. The van der Waals surface area contributed by atoms with Crippen molar-refractivity contribution < 1.29 is 0 Å². The van der Waals surface area contributed by atoms with Crippen LogP contribution in [-0.2, 0) is 6.42 Å². The molecule has 0 spiro atoms. The molecule has 3 rings (SSSR count). The van der Waals surface area contributed by atoms with Gasteiger partial charge in [0.2, 0.25) is 0 Å². The number of hydrogen-bond donors (Lipinski definition) is 0. The molecule has 0 radical (unpaired) electrons. The molecule has 1 aromatic carbocycles. The van der Waals surface area contributed by atoms with Gasteiger partial charge in [0.1, 0.15) is 0 Å². The van der Waals surface area contributed by atoms with E-state index in [0.717, 1.165) is 0 Å². The molecule has 13 heavy (non-hydrogen) atoms. The fraction of sp³-hybridized carbons (Fsp3) is 0.273. The van der Waals surface area contributed by atoms with Crippen LogP contribution in [0.15, 0.2) is 35.4 Å². The molecule has 1 aromatic rings. The Kier molecular flexibility index (Phi) is 1.47. The van der Waals surface area contributed by atoms with Gasteiger partial charge in [0.25, 0.3) is 0 Å². The van der Waals surface area contributed by atoms with Crippen molar-refractivity contribution in [2.45, 2.75) is 18.7 Å². The number of nitrogens with zero attached hydrogens (tertiary/aromatic N) is 1. The van der Waals surface area contributed by atoms with Crippen LogP contribution >= 0.6 is 11.8 Å². The molecule has 2 heterocycles. The molecule has 1 nitrogen and oxygen atoms in total. The Hall–Kier alpha value is -0.890. The van der Waals surface area contributed by atoms with Gasteiger partial charge in [-0.15, -0.1) is 11.8 Å². The third kappa shape index (κ3) is 1.02. The van der Waals surface area contributed by atoms with Gasteiger partial charge in [-0.3, -0.25) is 0 Å². The van der Waals surface area contributed by atoms with Crippen LogP contribution in [0.4, 0.5) is 5.69 Å². The summed E-state index contributed by atoms with van der Waals surface area (Å²) in [6, 6.07) is 8.69. The maximum absolute atomic E-state index is 2.40. The topological polar surface area (TPSA) is 3.24 Å². The first kappa shape index (κ1) is 7.51. The first-order valence-electron chi connectivity index (χ1n) is 4.56. The highest BCUT2D eigenvalue weighted by Gasteiger charge is 2.32. The van der Waals surface area contributed by atoms with Crippen molar-refractivity contribution >= 4 is 17.4 Å². The average molecular weight is 189 g/mol. The quantitative estimate of drug-likeness (QED) is 0.617. The summed E-state index contributed by atoms with van der Waals surface area (Å²) in [7, 11) is 0. The summed E-state index contributed by atoms with van der Waals surface area (Å²) in [6.45, 7) is 2.19. The van der Waals surface area contributed by atoms with Gasteiger partial charge in [-0.25, -0.2) is 0 Å². The molecule has 0 saturated heterocycles. The number of anilines is 1. The molecule has 0 aromatic heterocycles. The van der Waals surface area contributed by atoms with Crippen LogP contribution < -0.4 is 4.90 Å². The Morgan fingerprint density at radius 3 is 3.15 bits per heavy atom. The average Bonchev–Trinajstić information content (AvgIpc) is 2.60. The minimum Gasteiger partial charge on any atom is -0.334 e. The second-order valence-corrected chi connectivity index (χ2v) is 4.98. The van der Waals surface area contributed by atoms with Crippen molar-refractivity contribution in [3.63, 3.8) is 0 Å². The molecule has 1 atom stereocenters. The Morgan fingerprint density at radius 2 is 2.23 bits per heavy atom. The standard InChI is InChI=1S/C11H11NS/c1-8-7-12-10-5-3-2-4-9(10)6-11(12)13-8/h2-5,7,11H,6H2,1H3. The maximum Gasteiger partial charge on any atom is 0.0878 e. The molecular weight excluding hydrogens is 178 g/mol. The highest BCUT2D eigenvalue weighted by molar-refractivity contribution is 8.04. The van der Waals surface area contributed by atoms with Crippen LogP contribution in [0.2, 0.25) is 0 Å². The van der Waals surface area contributed by atoms with E-state index in [4.69, 9.17) is 0 Å². The van der Waals surface area contributed by atoms with E-state index in [9.17, 15) is 0 Å². The van der Waals surface area contributed by atoms with Crippen LogP contribution in [-0.4, -0.2) is 5.37 Å². The van der Waals surface area contributed by atoms with Crippen LogP contribution in [0.5, 0.6) is 0 Å². The van der Waals surface area contributed by atoms with Crippen molar-refractivity contribution in [3.8, 4) is 0 Å². The number of fused-ring (bicyclic) bond motifs is 3. The smallest absolute Gasteiger partial charge is 0.0878 e. The van der Waals surface area contributed by atoms with Gasteiger partial charge in [-0.2, -0.15) is 0 Å². The molecule has 0 saturated carbocycles. The predicted octanol–water partition coefficient (Wildman–Crippen LogP) is 2.98. The lowest BCUT2D eigenvalue weighted by Crippen LogP contribution is -2.18. The third-order valence-corrected chi connectivity index (χ3v) is 3.76. The van der Waals surface area contributed by atoms with Gasteiger partial charge in [-0.05, 0) is 18.6 Å². The molecule has 0 aliphatic carbocycles. The van der Waals surface area contributed by atoms with Crippen LogP contribution in [0.25, 0.3) is 0 Å². The second-order valence-electron chi connectivity index (χ2n) is 3.55. The lowest BCUT2D eigenvalue weighted by molar-refractivity contribution is 0.939. The first-order valence-corrected chi connectivity index (χ1v) is 5.44. The minimum absolute atomic E-state index is 0.636. The molecule has 2 heteroatoms. The normalized spacial score (nSPS) is 24.2. The number of benzene rings is 1. The Bertz CT molecular complexity index is 383. The number of allylic oxidation sites excluding steroid dienone is 1. The SMILES string of the molecule is CC1=CN2c3ccccc3CC2S1. The molecule has 0 bridgehead atoms. The van der Waals surface area contributed by atoms with Gasteiger partial charge in [0.05, 0.1) is 5.37 Å². The van der Waals surface area contributed by atoms with Crippen LogP contribution in [0.3, 0.4) is 0 Å². The largest absolute Gasteiger partial charge is 0.334 e. The van der Waals surface area contributed by atoms with E-state index < -0.39 is 0 Å². The van der Waals surface area contributed by atoms with Crippen molar-refractivity contribution in [2.75, 3.05) is 4.90 Å². The zero-order chi connectivity index (χ0) is 8.84. The monoisotopic (exact) mass is 189 g/mol. The molecule has 2 aliphatic rings. The molecule has 0 fully saturated rings. The highest BCUT2D eigenvalue weighted by Crippen LogP contribution is 2.44. The van der Waals surface area contributed by atoms with E-state index in [-0.39, 0.29) is 0 Å². The summed E-state index contributed by atoms with van der Waals surface area (Å²) in [5, 5.41) is 0.636. The summed E-state index contributed by atoms with van der Waals surface area (Å²) in [5.74, 6) is 0. The van der Waals surface area contributed by atoms with Gasteiger partial charge >= 0.3 is 0 Å². The maximum atomic E-state index is 2.40. The zero-order valence-corrected chi connectivity index (χ0v) is 8.34. The molecule has 0 N–H and O–H groups in total. The van der Waals surface area contributed by atoms with E-state index in [1.165, 1.54) is 22.6 Å². The molecule has 2 aliphatic heterocycles. The first-order chi connectivity index (χ1) is 6.34.